The lowest BCUT2D eigenvalue weighted by atomic mass is 10.00. The van der Waals surface area contributed by atoms with Gasteiger partial charge in [0.25, 0.3) is 0 Å². The van der Waals surface area contributed by atoms with Crippen LogP contribution in [0.3, 0.4) is 0 Å². The van der Waals surface area contributed by atoms with Crippen molar-refractivity contribution in [3.63, 3.8) is 0 Å². The van der Waals surface area contributed by atoms with Crippen molar-refractivity contribution >= 4 is 16.3 Å². The zero-order valence-electron chi connectivity index (χ0n) is 9.16. The average molecular weight is 196 g/mol. The molecule has 2 aromatic rings. The summed E-state index contributed by atoms with van der Waals surface area (Å²) in [4.78, 5) is 0. The van der Waals surface area contributed by atoms with Gasteiger partial charge in [0.2, 0.25) is 0 Å². The molecule has 0 aliphatic carbocycles. The van der Waals surface area contributed by atoms with Crippen molar-refractivity contribution in [2.45, 2.75) is 19.8 Å². The largest absolute Gasteiger partial charge is 0.0952 e. The summed E-state index contributed by atoms with van der Waals surface area (Å²) < 4.78 is 0. The van der Waals surface area contributed by atoms with Gasteiger partial charge in [0.15, 0.2) is 0 Å². The van der Waals surface area contributed by atoms with Gasteiger partial charge in [0, 0.05) is 0 Å². The van der Waals surface area contributed by atoms with Crippen LogP contribution >= 0.6 is 0 Å². The van der Waals surface area contributed by atoms with Crippen molar-refractivity contribution in [3.8, 4) is 0 Å². The number of rotatable bonds is 3. The molecule has 15 heavy (non-hydrogen) atoms. The summed E-state index contributed by atoms with van der Waals surface area (Å²) in [6.45, 7) is 6.31. The third kappa shape index (κ3) is 2.10. The van der Waals surface area contributed by atoms with E-state index in [4.69, 9.17) is 0 Å². The van der Waals surface area contributed by atoms with Gasteiger partial charge in [-0.1, -0.05) is 56.3 Å². The highest BCUT2D eigenvalue weighted by Gasteiger charge is 1.99. The Morgan fingerprint density at radius 2 is 1.80 bits per heavy atom. The predicted molar refractivity (Wildman–Crippen MR) is 67.9 cm³/mol. The van der Waals surface area contributed by atoms with E-state index in [-0.39, 0.29) is 0 Å². The molecule has 0 N–H and O–H groups in total. The van der Waals surface area contributed by atoms with E-state index in [1.807, 2.05) is 0 Å². The molecule has 0 spiro atoms. The van der Waals surface area contributed by atoms with Crippen molar-refractivity contribution in [3.05, 3.63) is 54.6 Å². The van der Waals surface area contributed by atoms with Crippen LogP contribution < -0.4 is 0 Å². The molecule has 0 saturated carbocycles. The number of hydrogen-bond donors (Lipinski definition) is 0. The molecule has 0 heterocycles. The Morgan fingerprint density at radius 3 is 2.53 bits per heavy atom. The summed E-state index contributed by atoms with van der Waals surface area (Å²) in [6, 6.07) is 15.0. The van der Waals surface area contributed by atoms with Crippen LogP contribution in [-0.2, 0) is 0 Å². The zero-order valence-corrected chi connectivity index (χ0v) is 9.16. The third-order valence-corrected chi connectivity index (χ3v) is 2.71. The molecule has 0 aliphatic heterocycles. The summed E-state index contributed by atoms with van der Waals surface area (Å²) in [5, 5.41) is 2.60. The lowest BCUT2D eigenvalue weighted by Gasteiger charge is -2.05. The predicted octanol–water partition coefficient (Wildman–Crippen LogP) is 4.65. The van der Waals surface area contributed by atoms with Crippen LogP contribution in [0.2, 0.25) is 0 Å². The molecule has 0 saturated heterocycles. The van der Waals surface area contributed by atoms with Crippen LogP contribution in [0.1, 0.15) is 25.3 Å². The van der Waals surface area contributed by atoms with Gasteiger partial charge >= 0.3 is 0 Å². The van der Waals surface area contributed by atoms with Crippen LogP contribution in [0, 0.1) is 0 Å². The second-order valence-corrected chi connectivity index (χ2v) is 3.92. The van der Waals surface area contributed by atoms with Crippen LogP contribution in [-0.4, -0.2) is 0 Å². The molecule has 0 aliphatic rings. The number of hydrogen-bond acceptors (Lipinski definition) is 0. The van der Waals surface area contributed by atoms with Crippen LogP contribution in [0.5, 0.6) is 0 Å². The molecule has 0 bridgehead atoms. The molecule has 0 aromatic heterocycles. The minimum absolute atomic E-state index is 1.08. The Morgan fingerprint density at radius 1 is 1.07 bits per heavy atom. The molecule has 0 atom stereocenters. The zero-order chi connectivity index (χ0) is 10.7. The highest BCUT2D eigenvalue weighted by atomic mass is 14.0. The first-order valence-electron chi connectivity index (χ1n) is 5.48. The van der Waals surface area contributed by atoms with Crippen LogP contribution in [0.15, 0.2) is 49.0 Å². The molecule has 0 fully saturated rings. The first-order chi connectivity index (χ1) is 7.31. The molecule has 2 rings (SSSR count). The summed E-state index contributed by atoms with van der Waals surface area (Å²) in [7, 11) is 0. The Labute approximate surface area is 91.2 Å². The summed E-state index contributed by atoms with van der Waals surface area (Å²) in [6.07, 6.45) is 2.24. The number of fused-ring (bicyclic) bond motifs is 1. The van der Waals surface area contributed by atoms with Crippen molar-refractivity contribution < 1.29 is 0 Å². The summed E-state index contributed by atoms with van der Waals surface area (Å²) in [5.41, 5.74) is 2.51. The van der Waals surface area contributed by atoms with Gasteiger partial charge in [-0.2, -0.15) is 0 Å². The Balaban J connectivity index is 2.42. The maximum absolute atomic E-state index is 4.12. The monoisotopic (exact) mass is 196 g/mol. The lowest BCUT2D eigenvalue weighted by molar-refractivity contribution is 0.975. The maximum Gasteiger partial charge on any atom is -0.0178 e. The smallest absolute Gasteiger partial charge is 0.0178 e. The van der Waals surface area contributed by atoms with Gasteiger partial charge in [0.05, 0.1) is 0 Å². The van der Waals surface area contributed by atoms with E-state index in [1.165, 1.54) is 21.9 Å². The normalized spacial score (nSPS) is 10.5. The molecule has 2 aromatic carbocycles. The summed E-state index contributed by atoms with van der Waals surface area (Å²) >= 11 is 0. The fourth-order valence-electron chi connectivity index (χ4n) is 1.86. The highest BCUT2D eigenvalue weighted by Crippen LogP contribution is 2.22. The summed E-state index contributed by atoms with van der Waals surface area (Å²) in [5.74, 6) is 0. The molecule has 0 heteroatoms. The second kappa shape index (κ2) is 4.31. The average Bonchev–Trinajstić information content (AvgIpc) is 2.29. The third-order valence-electron chi connectivity index (χ3n) is 2.71. The first-order valence-corrected chi connectivity index (χ1v) is 5.48. The van der Waals surface area contributed by atoms with Crippen molar-refractivity contribution in [2.24, 2.45) is 0 Å². The molecular weight excluding hydrogens is 180 g/mol. The fourth-order valence-corrected chi connectivity index (χ4v) is 1.86. The number of allylic oxidation sites excluding steroid dienone is 1. The molecule has 0 radical (unpaired) electrons. The second-order valence-electron chi connectivity index (χ2n) is 3.92. The quantitative estimate of drug-likeness (QED) is 0.670. The molecule has 76 valence electrons. The highest BCUT2D eigenvalue weighted by molar-refractivity contribution is 5.86. The lowest BCUT2D eigenvalue weighted by Crippen LogP contribution is -1.82. The molecular formula is C15H16. The molecule has 0 unspecified atom stereocenters. The Kier molecular flexibility index (Phi) is 2.86. The van der Waals surface area contributed by atoms with Crippen molar-refractivity contribution in [1.29, 1.82) is 0 Å². The van der Waals surface area contributed by atoms with E-state index >= 15 is 0 Å². The minimum Gasteiger partial charge on any atom is -0.0952 e. The van der Waals surface area contributed by atoms with Crippen molar-refractivity contribution in [1.82, 2.24) is 0 Å². The number of benzene rings is 2. The first kappa shape index (κ1) is 9.97. The van der Waals surface area contributed by atoms with Crippen LogP contribution in [0.25, 0.3) is 16.3 Å². The van der Waals surface area contributed by atoms with E-state index in [2.05, 4.69) is 56.0 Å². The van der Waals surface area contributed by atoms with E-state index in [9.17, 15) is 0 Å². The Hall–Kier alpha value is -1.56. The van der Waals surface area contributed by atoms with Gasteiger partial charge in [-0.15, -0.1) is 0 Å². The van der Waals surface area contributed by atoms with Crippen molar-refractivity contribution in [2.75, 3.05) is 0 Å². The molecule has 0 amide bonds. The maximum atomic E-state index is 4.12. The topological polar surface area (TPSA) is 0 Å². The van der Waals surface area contributed by atoms with Gasteiger partial charge < -0.3 is 0 Å². The van der Waals surface area contributed by atoms with Gasteiger partial charge in [0.1, 0.15) is 0 Å². The minimum atomic E-state index is 1.08. The van der Waals surface area contributed by atoms with Gasteiger partial charge in [-0.25, -0.2) is 0 Å². The standard InChI is InChI=1S/C15H16/c1-3-6-12(2)14-10-9-13-7-4-5-8-15(13)11-14/h4-5,7-11H,2-3,6H2,1H3. The van der Waals surface area contributed by atoms with E-state index in [0.29, 0.717) is 0 Å². The van der Waals surface area contributed by atoms with E-state index in [0.717, 1.165) is 12.8 Å². The van der Waals surface area contributed by atoms with Crippen LogP contribution in [0.4, 0.5) is 0 Å². The molecule has 0 nitrogen and oxygen atoms in total. The Bertz CT molecular complexity index is 480. The SMILES string of the molecule is C=C(CCC)c1ccc2ccccc2c1. The van der Waals surface area contributed by atoms with E-state index in [1.54, 1.807) is 0 Å². The van der Waals surface area contributed by atoms with Gasteiger partial charge in [-0.3, -0.25) is 0 Å². The van der Waals surface area contributed by atoms with E-state index < -0.39 is 0 Å². The van der Waals surface area contributed by atoms with Gasteiger partial charge in [-0.05, 0) is 34.4 Å². The fraction of sp³-hybridized carbons (Fsp3) is 0.200.